The molecule has 0 saturated heterocycles. The predicted molar refractivity (Wildman–Crippen MR) is 122 cm³/mol. The zero-order chi connectivity index (χ0) is 22.4. The van der Waals surface area contributed by atoms with Gasteiger partial charge in [0, 0.05) is 5.56 Å². The van der Waals surface area contributed by atoms with Gasteiger partial charge in [0.25, 0.3) is 0 Å². The molecule has 1 aromatic rings. The van der Waals surface area contributed by atoms with Crippen LogP contribution in [0.3, 0.4) is 0 Å². The highest BCUT2D eigenvalue weighted by Gasteiger charge is 2.28. The Bertz CT molecular complexity index is 639. The Hall–Kier alpha value is -1.75. The number of carboxylic acid groups (broad SMARTS) is 1. The number of benzene rings is 1. The van der Waals surface area contributed by atoms with E-state index in [0.29, 0.717) is 13.0 Å². The summed E-state index contributed by atoms with van der Waals surface area (Å²) in [5.74, 6) is -1.22. The fourth-order valence-corrected chi connectivity index (χ4v) is 4.00. The van der Waals surface area contributed by atoms with Crippen molar-refractivity contribution in [1.29, 1.82) is 0 Å². The van der Waals surface area contributed by atoms with Crippen LogP contribution in [0.15, 0.2) is 0 Å². The van der Waals surface area contributed by atoms with E-state index in [-0.39, 0.29) is 17.1 Å². The zero-order valence-corrected chi connectivity index (χ0v) is 19.5. The number of hydrogen-bond donors (Lipinski definition) is 2. The SMILES string of the molecule is CCCCCCCCCOOc1c(O)c(C(=O)O)c(CCC)c(CCC)c1CCC. The lowest BCUT2D eigenvalue weighted by Gasteiger charge is -2.21. The smallest absolute Gasteiger partial charge is 0.339 e. The molecular weight excluding hydrogens is 380 g/mol. The molecule has 172 valence electrons. The van der Waals surface area contributed by atoms with E-state index in [9.17, 15) is 15.0 Å². The van der Waals surface area contributed by atoms with Crippen LogP contribution in [0, 0.1) is 0 Å². The molecule has 0 fully saturated rings. The molecule has 1 aromatic carbocycles. The van der Waals surface area contributed by atoms with E-state index >= 15 is 0 Å². The third-order valence-electron chi connectivity index (χ3n) is 5.44. The Morgan fingerprint density at radius 2 is 1.27 bits per heavy atom. The summed E-state index contributed by atoms with van der Waals surface area (Å²) in [7, 11) is 0. The van der Waals surface area contributed by atoms with Crippen LogP contribution in [0.2, 0.25) is 0 Å². The molecule has 0 bridgehead atoms. The summed E-state index contributed by atoms with van der Waals surface area (Å²) in [6, 6.07) is 0. The van der Waals surface area contributed by atoms with Crippen molar-refractivity contribution in [2.45, 2.75) is 111 Å². The van der Waals surface area contributed by atoms with Gasteiger partial charge in [-0.05, 0) is 36.8 Å². The van der Waals surface area contributed by atoms with Gasteiger partial charge in [0.05, 0.1) is 6.61 Å². The van der Waals surface area contributed by atoms with Crippen molar-refractivity contribution in [1.82, 2.24) is 0 Å². The molecule has 0 heterocycles. The van der Waals surface area contributed by atoms with Gasteiger partial charge in [-0.1, -0.05) is 85.5 Å². The first kappa shape index (κ1) is 26.3. The largest absolute Gasteiger partial charge is 0.504 e. The second-order valence-electron chi connectivity index (χ2n) is 8.07. The summed E-state index contributed by atoms with van der Waals surface area (Å²) in [5.41, 5.74) is 2.61. The highest BCUT2D eigenvalue weighted by Crippen LogP contribution is 2.41. The topological polar surface area (TPSA) is 76.0 Å². The van der Waals surface area contributed by atoms with Gasteiger partial charge in [-0.25, -0.2) is 4.79 Å². The number of rotatable bonds is 17. The van der Waals surface area contributed by atoms with Gasteiger partial charge < -0.3 is 15.1 Å². The van der Waals surface area contributed by atoms with E-state index < -0.39 is 5.97 Å². The molecule has 0 unspecified atom stereocenters. The summed E-state index contributed by atoms with van der Waals surface area (Å²) < 4.78 is 0. The van der Waals surface area contributed by atoms with Crippen LogP contribution >= 0.6 is 0 Å². The number of aromatic carboxylic acids is 1. The van der Waals surface area contributed by atoms with Crippen LogP contribution in [-0.2, 0) is 24.2 Å². The molecule has 1 rings (SSSR count). The van der Waals surface area contributed by atoms with E-state index in [1.54, 1.807) is 0 Å². The number of phenols is 1. The third-order valence-corrected chi connectivity index (χ3v) is 5.44. The lowest BCUT2D eigenvalue weighted by atomic mass is 9.87. The van der Waals surface area contributed by atoms with Crippen molar-refractivity contribution in [3.63, 3.8) is 0 Å². The second-order valence-corrected chi connectivity index (χ2v) is 8.07. The third kappa shape index (κ3) is 7.82. The predicted octanol–water partition coefficient (Wildman–Crippen LogP) is 7.01. The van der Waals surface area contributed by atoms with E-state index in [0.717, 1.165) is 61.6 Å². The van der Waals surface area contributed by atoms with Crippen molar-refractivity contribution in [2.24, 2.45) is 0 Å². The lowest BCUT2D eigenvalue weighted by Crippen LogP contribution is -2.13. The Balaban J connectivity index is 2.99. The van der Waals surface area contributed by atoms with Gasteiger partial charge in [0.2, 0.25) is 5.75 Å². The van der Waals surface area contributed by atoms with E-state index in [4.69, 9.17) is 9.78 Å². The molecule has 0 atom stereocenters. The molecule has 2 N–H and O–H groups in total. The fraction of sp³-hybridized carbons (Fsp3) is 0.720. The molecule has 0 aliphatic rings. The summed E-state index contributed by atoms with van der Waals surface area (Å²) in [4.78, 5) is 23.0. The van der Waals surface area contributed by atoms with E-state index in [1.165, 1.54) is 32.1 Å². The van der Waals surface area contributed by atoms with Crippen molar-refractivity contribution in [3.05, 3.63) is 22.3 Å². The highest BCUT2D eigenvalue weighted by molar-refractivity contribution is 5.94. The normalized spacial score (nSPS) is 11.1. The lowest BCUT2D eigenvalue weighted by molar-refractivity contribution is -0.208. The molecule has 0 radical (unpaired) electrons. The molecule has 0 aromatic heterocycles. The van der Waals surface area contributed by atoms with Gasteiger partial charge >= 0.3 is 5.97 Å². The summed E-state index contributed by atoms with van der Waals surface area (Å²) in [6.07, 6.45) is 12.9. The Morgan fingerprint density at radius 3 is 1.83 bits per heavy atom. The van der Waals surface area contributed by atoms with Gasteiger partial charge in [-0.15, -0.1) is 0 Å². The first-order valence-corrected chi connectivity index (χ1v) is 11.9. The van der Waals surface area contributed by atoms with Gasteiger partial charge in [0.15, 0.2) is 5.75 Å². The van der Waals surface area contributed by atoms with Crippen LogP contribution in [0.1, 0.15) is 119 Å². The van der Waals surface area contributed by atoms with Crippen molar-refractivity contribution >= 4 is 5.97 Å². The molecule has 0 saturated carbocycles. The Morgan fingerprint density at radius 1 is 0.733 bits per heavy atom. The molecule has 0 amide bonds. The van der Waals surface area contributed by atoms with Crippen LogP contribution < -0.4 is 4.89 Å². The Kier molecular flexibility index (Phi) is 13.2. The number of hydrogen-bond acceptors (Lipinski definition) is 4. The van der Waals surface area contributed by atoms with Crippen molar-refractivity contribution < 1.29 is 24.8 Å². The van der Waals surface area contributed by atoms with Crippen LogP contribution in [0.25, 0.3) is 0 Å². The minimum absolute atomic E-state index is 0.0327. The summed E-state index contributed by atoms with van der Waals surface area (Å²) in [6.45, 7) is 8.81. The minimum atomic E-state index is -1.12. The second kappa shape index (κ2) is 15.1. The average Bonchev–Trinajstić information content (AvgIpc) is 2.71. The first-order chi connectivity index (χ1) is 14.5. The molecular formula is C25H42O5. The Labute approximate surface area is 182 Å². The fourth-order valence-electron chi connectivity index (χ4n) is 4.00. The van der Waals surface area contributed by atoms with Crippen molar-refractivity contribution in [2.75, 3.05) is 6.61 Å². The number of carboxylic acids is 1. The van der Waals surface area contributed by atoms with Crippen LogP contribution in [0.5, 0.6) is 11.5 Å². The molecule has 5 heteroatoms. The summed E-state index contributed by atoms with van der Waals surface area (Å²) >= 11 is 0. The molecule has 0 spiro atoms. The molecule has 0 aliphatic carbocycles. The zero-order valence-electron chi connectivity index (χ0n) is 19.5. The average molecular weight is 423 g/mol. The van der Waals surface area contributed by atoms with E-state index in [1.807, 2.05) is 6.92 Å². The maximum Gasteiger partial charge on any atom is 0.339 e. The number of carbonyl (C=O) groups is 1. The monoisotopic (exact) mass is 422 g/mol. The quantitative estimate of drug-likeness (QED) is 0.160. The van der Waals surface area contributed by atoms with Crippen LogP contribution in [-0.4, -0.2) is 22.8 Å². The maximum absolute atomic E-state index is 12.0. The van der Waals surface area contributed by atoms with E-state index in [2.05, 4.69) is 20.8 Å². The van der Waals surface area contributed by atoms with Crippen molar-refractivity contribution in [3.8, 4) is 11.5 Å². The van der Waals surface area contributed by atoms with Gasteiger partial charge in [0.1, 0.15) is 5.56 Å². The molecule has 5 nitrogen and oxygen atoms in total. The number of unbranched alkanes of at least 4 members (excludes halogenated alkanes) is 6. The standard InChI is InChI=1S/C25H42O5/c1-5-9-10-11-12-13-14-18-29-30-24-21(17-8-4)19(15-6-2)20(16-7-3)22(23(24)26)25(27)28/h26H,5-18H2,1-4H3,(H,27,28). The van der Waals surface area contributed by atoms with Crippen LogP contribution in [0.4, 0.5) is 0 Å². The van der Waals surface area contributed by atoms with Gasteiger partial charge in [-0.2, -0.15) is 4.89 Å². The first-order valence-electron chi connectivity index (χ1n) is 11.9. The van der Waals surface area contributed by atoms with Gasteiger partial charge in [-0.3, -0.25) is 0 Å². The summed E-state index contributed by atoms with van der Waals surface area (Å²) in [5, 5.41) is 20.6. The number of aromatic hydroxyl groups is 1. The maximum atomic E-state index is 12.0. The minimum Gasteiger partial charge on any atom is -0.504 e. The molecule has 30 heavy (non-hydrogen) atoms. The molecule has 0 aliphatic heterocycles. The highest BCUT2D eigenvalue weighted by atomic mass is 17.2.